The number of halogens is 3. The summed E-state index contributed by atoms with van der Waals surface area (Å²) in [7, 11) is -4.31. The quantitative estimate of drug-likeness (QED) is 0.638. The smallest absolute Gasteiger partial charge is 0.282 e. The highest BCUT2D eigenvalue weighted by Gasteiger charge is 2.18. The Labute approximate surface area is 94.6 Å². The van der Waals surface area contributed by atoms with Crippen molar-refractivity contribution in [1.82, 2.24) is 4.98 Å². The molecule has 0 unspecified atom stereocenters. The van der Waals surface area contributed by atoms with Gasteiger partial charge < -0.3 is 0 Å². The summed E-state index contributed by atoms with van der Waals surface area (Å²) in [5.41, 5.74) is 0. The number of hydrogen-bond acceptors (Lipinski definition) is 3. The predicted molar refractivity (Wildman–Crippen MR) is 54.0 cm³/mol. The van der Waals surface area contributed by atoms with Crippen LogP contribution in [0.15, 0.2) is 21.6 Å². The van der Waals surface area contributed by atoms with Crippen molar-refractivity contribution in [3.63, 3.8) is 0 Å². The summed E-state index contributed by atoms with van der Waals surface area (Å²) < 4.78 is 30.2. The van der Waals surface area contributed by atoms with Crippen LogP contribution in [0.4, 0.5) is 0 Å². The van der Waals surface area contributed by atoms with Crippen LogP contribution in [0.5, 0.6) is 0 Å². The van der Waals surface area contributed by atoms with E-state index in [2.05, 4.69) is 20.9 Å². The first-order valence-corrected chi connectivity index (χ1v) is 5.31. The molecule has 13 heavy (non-hydrogen) atoms. The van der Waals surface area contributed by atoms with Crippen molar-refractivity contribution in [2.45, 2.75) is 4.90 Å². The van der Waals surface area contributed by atoms with Gasteiger partial charge in [0, 0.05) is 10.7 Å². The fourth-order valence-electron chi connectivity index (χ4n) is 0.631. The van der Waals surface area contributed by atoms with Gasteiger partial charge in [-0.2, -0.15) is 8.42 Å². The molecule has 0 saturated carbocycles. The average Bonchev–Trinajstić information content (AvgIpc) is 1.82. The van der Waals surface area contributed by atoms with Crippen molar-refractivity contribution in [2.75, 3.05) is 0 Å². The standard InChI is InChI=1S/C5H3BrClNO3S.ClH/c6-3-1-2-8-5(7)4(3)12(9,10)11;/h1-2H,(H,9,10,11);1H. The summed E-state index contributed by atoms with van der Waals surface area (Å²) in [5, 5.41) is -0.258. The van der Waals surface area contributed by atoms with Gasteiger partial charge in [-0.1, -0.05) is 11.6 Å². The molecule has 0 atom stereocenters. The maximum absolute atomic E-state index is 10.7. The third-order valence-electron chi connectivity index (χ3n) is 1.07. The summed E-state index contributed by atoms with van der Waals surface area (Å²) in [6.45, 7) is 0. The van der Waals surface area contributed by atoms with Crippen molar-refractivity contribution < 1.29 is 13.0 Å². The highest BCUT2D eigenvalue weighted by Crippen LogP contribution is 2.26. The molecule has 0 saturated heterocycles. The van der Waals surface area contributed by atoms with Crippen LogP contribution in [0.1, 0.15) is 0 Å². The van der Waals surface area contributed by atoms with Crippen LogP contribution in [0.25, 0.3) is 0 Å². The Morgan fingerprint density at radius 3 is 2.38 bits per heavy atom. The number of nitrogens with zero attached hydrogens (tertiary/aromatic N) is 1. The number of pyridine rings is 1. The van der Waals surface area contributed by atoms with Gasteiger partial charge in [-0.3, -0.25) is 4.55 Å². The van der Waals surface area contributed by atoms with Crippen LogP contribution in [-0.2, 0) is 10.1 Å². The minimum atomic E-state index is -4.31. The molecule has 0 aliphatic rings. The van der Waals surface area contributed by atoms with E-state index in [1.54, 1.807) is 0 Å². The number of hydrogen-bond donors (Lipinski definition) is 1. The van der Waals surface area contributed by atoms with Gasteiger partial charge in [0.05, 0.1) is 0 Å². The Morgan fingerprint density at radius 1 is 1.54 bits per heavy atom. The van der Waals surface area contributed by atoms with Gasteiger partial charge in [-0.25, -0.2) is 4.98 Å². The lowest BCUT2D eigenvalue weighted by molar-refractivity contribution is 0.482. The monoisotopic (exact) mass is 307 g/mol. The molecule has 8 heteroatoms. The molecule has 1 heterocycles. The molecule has 0 aromatic carbocycles. The average molecular weight is 309 g/mol. The summed E-state index contributed by atoms with van der Waals surface area (Å²) in [4.78, 5) is 3.09. The molecule has 1 N–H and O–H groups in total. The molecule has 0 amide bonds. The Hall–Kier alpha value is 0.120. The molecular formula is C5H4BrCl2NO3S. The SMILES string of the molecule is Cl.O=S(=O)(O)c1c(Br)ccnc1Cl. The Bertz CT molecular complexity index is 388. The molecule has 1 aromatic heterocycles. The van der Waals surface area contributed by atoms with Crippen LogP contribution in [0.2, 0.25) is 5.15 Å². The first-order valence-electron chi connectivity index (χ1n) is 2.70. The van der Waals surface area contributed by atoms with E-state index in [1.165, 1.54) is 12.3 Å². The summed E-state index contributed by atoms with van der Waals surface area (Å²) in [5.74, 6) is 0. The largest absolute Gasteiger partial charge is 0.298 e. The van der Waals surface area contributed by atoms with Gasteiger partial charge in [0.1, 0.15) is 4.90 Å². The van der Waals surface area contributed by atoms with Crippen LogP contribution < -0.4 is 0 Å². The highest BCUT2D eigenvalue weighted by atomic mass is 79.9. The molecule has 1 rings (SSSR count). The zero-order valence-electron chi connectivity index (χ0n) is 5.94. The van der Waals surface area contributed by atoms with Gasteiger partial charge in [-0.15, -0.1) is 12.4 Å². The number of aromatic nitrogens is 1. The Morgan fingerprint density at radius 2 is 2.08 bits per heavy atom. The van der Waals surface area contributed by atoms with E-state index in [0.29, 0.717) is 0 Å². The van der Waals surface area contributed by atoms with E-state index >= 15 is 0 Å². The Kier molecular flexibility index (Phi) is 4.61. The van der Waals surface area contributed by atoms with Crippen LogP contribution in [0, 0.1) is 0 Å². The minimum Gasteiger partial charge on any atom is -0.282 e. The second-order valence-electron chi connectivity index (χ2n) is 1.89. The maximum atomic E-state index is 10.7. The molecule has 0 aliphatic carbocycles. The third kappa shape index (κ3) is 3.07. The van der Waals surface area contributed by atoms with E-state index in [0.717, 1.165) is 0 Å². The van der Waals surface area contributed by atoms with Crippen molar-refractivity contribution in [2.24, 2.45) is 0 Å². The molecule has 74 valence electrons. The maximum Gasteiger partial charge on any atom is 0.298 e. The van der Waals surface area contributed by atoms with Gasteiger partial charge >= 0.3 is 0 Å². The van der Waals surface area contributed by atoms with Crippen LogP contribution in [-0.4, -0.2) is 18.0 Å². The fraction of sp³-hybridized carbons (Fsp3) is 0. The van der Waals surface area contributed by atoms with E-state index in [-0.39, 0.29) is 22.0 Å². The molecule has 4 nitrogen and oxygen atoms in total. The van der Waals surface area contributed by atoms with Crippen LogP contribution >= 0.6 is 39.9 Å². The lowest BCUT2D eigenvalue weighted by atomic mass is 10.5. The summed E-state index contributed by atoms with van der Waals surface area (Å²) in [6, 6.07) is 1.37. The zero-order valence-corrected chi connectivity index (χ0v) is 9.91. The highest BCUT2D eigenvalue weighted by molar-refractivity contribution is 9.10. The van der Waals surface area contributed by atoms with E-state index < -0.39 is 15.0 Å². The number of rotatable bonds is 1. The van der Waals surface area contributed by atoms with E-state index in [9.17, 15) is 8.42 Å². The molecule has 0 bridgehead atoms. The van der Waals surface area contributed by atoms with Gasteiger partial charge in [0.25, 0.3) is 10.1 Å². The third-order valence-corrected chi connectivity index (χ3v) is 3.32. The summed E-state index contributed by atoms with van der Waals surface area (Å²) in [6.07, 6.45) is 1.32. The second kappa shape index (κ2) is 4.56. The van der Waals surface area contributed by atoms with E-state index in [4.69, 9.17) is 16.2 Å². The Balaban J connectivity index is 0.00000144. The van der Waals surface area contributed by atoms with Gasteiger partial charge in [-0.05, 0) is 22.0 Å². The minimum absolute atomic E-state index is 0. The topological polar surface area (TPSA) is 67.3 Å². The molecule has 0 spiro atoms. The van der Waals surface area contributed by atoms with Crippen molar-refractivity contribution in [3.05, 3.63) is 21.9 Å². The van der Waals surface area contributed by atoms with E-state index in [1.807, 2.05) is 0 Å². The first-order chi connectivity index (χ1) is 5.43. The second-order valence-corrected chi connectivity index (χ2v) is 4.46. The molecule has 0 aliphatic heterocycles. The molecule has 0 fully saturated rings. The van der Waals surface area contributed by atoms with Crippen molar-refractivity contribution in [3.8, 4) is 0 Å². The lowest BCUT2D eigenvalue weighted by Gasteiger charge is -2.00. The summed E-state index contributed by atoms with van der Waals surface area (Å²) >= 11 is 8.35. The molecule has 1 aromatic rings. The van der Waals surface area contributed by atoms with Gasteiger partial charge in [0.2, 0.25) is 0 Å². The fourth-order valence-corrected chi connectivity index (χ4v) is 2.70. The van der Waals surface area contributed by atoms with Crippen molar-refractivity contribution in [1.29, 1.82) is 0 Å². The molecular weight excluding hydrogens is 305 g/mol. The molecule has 0 radical (unpaired) electrons. The van der Waals surface area contributed by atoms with Crippen molar-refractivity contribution >= 4 is 50.1 Å². The van der Waals surface area contributed by atoms with Gasteiger partial charge in [0.15, 0.2) is 5.15 Å². The normalized spacial score (nSPS) is 10.7. The zero-order chi connectivity index (χ0) is 9.35. The predicted octanol–water partition coefficient (Wildman–Crippen LogP) is 2.17. The first kappa shape index (κ1) is 13.1. The lowest BCUT2D eigenvalue weighted by Crippen LogP contribution is -2.01. The van der Waals surface area contributed by atoms with Crippen LogP contribution in [0.3, 0.4) is 0 Å².